The van der Waals surface area contributed by atoms with Gasteiger partial charge in [-0.15, -0.1) is 0 Å². The first-order valence-corrected chi connectivity index (χ1v) is 10.6. The topological polar surface area (TPSA) is 38.8 Å². The first-order valence-electron chi connectivity index (χ1n) is 10.6. The monoisotopic (exact) mass is 382 g/mol. The van der Waals surface area contributed by atoms with Crippen molar-refractivity contribution in [3.8, 4) is 0 Å². The van der Waals surface area contributed by atoms with Crippen molar-refractivity contribution < 1.29 is 14.3 Å². The van der Waals surface area contributed by atoms with Crippen molar-refractivity contribution in [2.75, 3.05) is 13.2 Å². The fourth-order valence-electron chi connectivity index (χ4n) is 4.09. The number of esters is 1. The maximum atomic E-state index is 13.2. The van der Waals surface area contributed by atoms with Crippen molar-refractivity contribution in [3.05, 3.63) is 0 Å². The Hall–Kier alpha value is -0.570. The first kappa shape index (κ1) is 24.5. The van der Waals surface area contributed by atoms with Gasteiger partial charge in [0.25, 0.3) is 0 Å². The van der Waals surface area contributed by atoms with E-state index in [4.69, 9.17) is 9.47 Å². The second-order valence-electron chi connectivity index (χ2n) is 12.6. The van der Waals surface area contributed by atoms with Crippen LogP contribution in [0.2, 0.25) is 0 Å². The molecule has 3 unspecified atom stereocenters. The van der Waals surface area contributed by atoms with Gasteiger partial charge in [0.15, 0.2) is 0 Å². The van der Waals surface area contributed by atoms with Crippen molar-refractivity contribution in [1.29, 1.82) is 0 Å². The summed E-state index contributed by atoms with van der Waals surface area (Å²) in [5.41, 5.74) is -0.371. The lowest BCUT2D eigenvalue weighted by molar-refractivity contribution is -0.168. The maximum absolute atomic E-state index is 13.2. The van der Waals surface area contributed by atoms with Crippen LogP contribution < -0.4 is 0 Å². The normalized spacial score (nSPS) is 22.1. The Balaban J connectivity index is 3.07. The lowest BCUT2D eigenvalue weighted by atomic mass is 9.51. The molecule has 3 nitrogen and oxygen atoms in total. The fourth-order valence-corrected chi connectivity index (χ4v) is 4.09. The summed E-state index contributed by atoms with van der Waals surface area (Å²) in [6.45, 7) is 28.3. The van der Waals surface area contributed by atoms with Gasteiger partial charge in [0.05, 0.1) is 12.0 Å². The number of rotatable bonds is 8. The van der Waals surface area contributed by atoms with E-state index in [1.165, 1.54) is 6.42 Å². The van der Waals surface area contributed by atoms with Crippen LogP contribution in [0.5, 0.6) is 0 Å². The molecule has 0 aromatic rings. The summed E-state index contributed by atoms with van der Waals surface area (Å²) in [6, 6.07) is 0. The number of carbonyl (C=O) groups excluding carboxylic acids is 1. The van der Waals surface area contributed by atoms with Crippen LogP contribution in [0.1, 0.15) is 95.9 Å². The van der Waals surface area contributed by atoms with Gasteiger partial charge < -0.3 is 9.47 Å². The second kappa shape index (κ2) is 7.69. The Labute approximate surface area is 169 Å². The van der Waals surface area contributed by atoms with Gasteiger partial charge >= 0.3 is 5.97 Å². The summed E-state index contributed by atoms with van der Waals surface area (Å²) in [5, 5.41) is 0. The van der Waals surface area contributed by atoms with Crippen LogP contribution >= 0.6 is 0 Å². The van der Waals surface area contributed by atoms with Gasteiger partial charge in [-0.3, -0.25) is 4.79 Å². The average Bonchev–Trinajstić information content (AvgIpc) is 3.24. The maximum Gasteiger partial charge on any atom is 0.312 e. The summed E-state index contributed by atoms with van der Waals surface area (Å²) in [6.07, 6.45) is 2.07. The van der Waals surface area contributed by atoms with Crippen molar-refractivity contribution in [2.24, 2.45) is 33.0 Å². The predicted octanol–water partition coefficient (Wildman–Crippen LogP) is 6.50. The summed E-state index contributed by atoms with van der Waals surface area (Å²) in [7, 11) is 0. The molecule has 3 atom stereocenters. The van der Waals surface area contributed by atoms with Gasteiger partial charge in [0.1, 0.15) is 12.7 Å². The Kier molecular flexibility index (Phi) is 6.97. The average molecular weight is 383 g/mol. The molecular formula is C24H46O3. The summed E-state index contributed by atoms with van der Waals surface area (Å²) in [5.74, 6) is 0.463. The molecule has 1 aliphatic rings. The third kappa shape index (κ3) is 5.95. The summed E-state index contributed by atoms with van der Waals surface area (Å²) in [4.78, 5) is 13.2. The SMILES string of the molecule is CC(CC(C)(C)C)C(C)(C)C(C)(C)CC(C)(C(=O)OCC1CO1)C(C)(C)C. The molecule has 1 rings (SSSR count). The smallest absolute Gasteiger partial charge is 0.312 e. The minimum Gasteiger partial charge on any atom is -0.462 e. The van der Waals surface area contributed by atoms with Crippen LogP contribution in [0.15, 0.2) is 0 Å². The minimum absolute atomic E-state index is 0.0191. The lowest BCUT2D eigenvalue weighted by Crippen LogP contribution is -2.49. The van der Waals surface area contributed by atoms with Crippen LogP contribution in [-0.2, 0) is 14.3 Å². The molecule has 0 radical (unpaired) electrons. The highest BCUT2D eigenvalue weighted by Crippen LogP contribution is 2.56. The molecule has 0 aromatic carbocycles. The molecule has 1 heterocycles. The predicted molar refractivity (Wildman–Crippen MR) is 114 cm³/mol. The van der Waals surface area contributed by atoms with E-state index in [0.717, 1.165) is 6.42 Å². The zero-order valence-corrected chi connectivity index (χ0v) is 20.2. The van der Waals surface area contributed by atoms with Crippen molar-refractivity contribution in [2.45, 2.75) is 102 Å². The Morgan fingerprint density at radius 2 is 1.48 bits per heavy atom. The van der Waals surface area contributed by atoms with Crippen LogP contribution in [0.25, 0.3) is 0 Å². The van der Waals surface area contributed by atoms with Crippen LogP contribution in [-0.4, -0.2) is 25.3 Å². The van der Waals surface area contributed by atoms with E-state index in [9.17, 15) is 4.79 Å². The van der Waals surface area contributed by atoms with E-state index >= 15 is 0 Å². The highest BCUT2D eigenvalue weighted by Gasteiger charge is 2.53. The van der Waals surface area contributed by atoms with Crippen molar-refractivity contribution in [1.82, 2.24) is 0 Å². The molecule has 27 heavy (non-hydrogen) atoms. The minimum atomic E-state index is -0.551. The Morgan fingerprint density at radius 1 is 1.00 bits per heavy atom. The molecule has 0 saturated carbocycles. The van der Waals surface area contributed by atoms with Gasteiger partial charge in [0, 0.05) is 0 Å². The fraction of sp³-hybridized carbons (Fsp3) is 0.958. The molecule has 0 N–H and O–H groups in total. The van der Waals surface area contributed by atoms with Crippen molar-refractivity contribution >= 4 is 5.97 Å². The molecule has 0 spiro atoms. The molecule has 0 aliphatic carbocycles. The quantitative estimate of drug-likeness (QED) is 0.355. The van der Waals surface area contributed by atoms with E-state index in [0.29, 0.717) is 24.5 Å². The standard InChI is InChI=1S/C24H46O3/c1-17(13-20(2,3)4)23(10,11)22(8,9)16-24(12,21(5,6)7)19(25)27-15-18-14-26-18/h17-18H,13-16H2,1-12H3. The zero-order chi connectivity index (χ0) is 21.5. The number of epoxide rings is 1. The molecule has 160 valence electrons. The molecule has 0 amide bonds. The third-order valence-electron chi connectivity index (χ3n) is 7.60. The second-order valence-corrected chi connectivity index (χ2v) is 12.6. The summed E-state index contributed by atoms with van der Waals surface area (Å²) >= 11 is 0. The Morgan fingerprint density at radius 3 is 1.85 bits per heavy atom. The van der Waals surface area contributed by atoms with Crippen LogP contribution in [0, 0.1) is 33.0 Å². The van der Waals surface area contributed by atoms with E-state index < -0.39 is 5.41 Å². The van der Waals surface area contributed by atoms with E-state index in [1.807, 2.05) is 0 Å². The Bertz CT molecular complexity index is 515. The highest BCUT2D eigenvalue weighted by atomic mass is 16.6. The van der Waals surface area contributed by atoms with E-state index in [2.05, 4.69) is 83.1 Å². The van der Waals surface area contributed by atoms with Crippen LogP contribution in [0.4, 0.5) is 0 Å². The third-order valence-corrected chi connectivity index (χ3v) is 7.60. The van der Waals surface area contributed by atoms with E-state index in [-0.39, 0.29) is 28.3 Å². The van der Waals surface area contributed by atoms with Gasteiger partial charge in [-0.05, 0) is 47.3 Å². The van der Waals surface area contributed by atoms with Crippen molar-refractivity contribution in [3.63, 3.8) is 0 Å². The molecular weight excluding hydrogens is 336 g/mol. The summed E-state index contributed by atoms with van der Waals surface area (Å²) < 4.78 is 10.9. The van der Waals surface area contributed by atoms with Gasteiger partial charge in [-0.2, -0.15) is 0 Å². The largest absolute Gasteiger partial charge is 0.462 e. The number of ether oxygens (including phenoxy) is 2. The zero-order valence-electron chi connectivity index (χ0n) is 20.2. The number of hydrogen-bond acceptors (Lipinski definition) is 3. The molecule has 1 fully saturated rings. The van der Waals surface area contributed by atoms with Gasteiger partial charge in [0.2, 0.25) is 0 Å². The van der Waals surface area contributed by atoms with Crippen LogP contribution in [0.3, 0.4) is 0 Å². The van der Waals surface area contributed by atoms with E-state index in [1.54, 1.807) is 0 Å². The molecule has 3 heteroatoms. The lowest BCUT2D eigenvalue weighted by Gasteiger charge is -2.53. The molecule has 0 bridgehead atoms. The number of carbonyl (C=O) groups is 1. The van der Waals surface area contributed by atoms with Gasteiger partial charge in [-0.25, -0.2) is 0 Å². The first-order chi connectivity index (χ1) is 11.8. The van der Waals surface area contributed by atoms with Gasteiger partial charge in [-0.1, -0.05) is 76.2 Å². The number of hydrogen-bond donors (Lipinski definition) is 0. The molecule has 1 saturated heterocycles. The molecule has 0 aromatic heterocycles. The molecule has 1 aliphatic heterocycles. The highest BCUT2D eigenvalue weighted by molar-refractivity contribution is 5.77.